The van der Waals surface area contributed by atoms with E-state index in [2.05, 4.69) is 32.3 Å². The lowest BCUT2D eigenvalue weighted by molar-refractivity contribution is 0.201. The Morgan fingerprint density at radius 3 is 2.63 bits per heavy atom. The van der Waals surface area contributed by atoms with Crippen molar-refractivity contribution in [2.24, 2.45) is 11.3 Å². The first kappa shape index (κ1) is 15.2. The highest BCUT2D eigenvalue weighted by molar-refractivity contribution is 6.35. The highest BCUT2D eigenvalue weighted by atomic mass is 35.5. The van der Waals surface area contributed by atoms with Crippen molar-refractivity contribution >= 4 is 23.2 Å². The Labute approximate surface area is 126 Å². The standard InChI is InChI=1S/C16H23Cl2N/c1-16(2)8-4-5-13(16)15(19-3)9-11-6-7-12(17)10-14(11)18/h6-7,10,13,15,19H,4-5,8-9H2,1-3H3. The predicted octanol–water partition coefficient (Wildman–Crippen LogP) is 4.95. The summed E-state index contributed by atoms with van der Waals surface area (Å²) >= 11 is 12.3. The SMILES string of the molecule is CNC(Cc1ccc(Cl)cc1Cl)C1CCCC1(C)C. The first-order chi connectivity index (χ1) is 8.94. The smallest absolute Gasteiger partial charge is 0.0453 e. The lowest BCUT2D eigenvalue weighted by Crippen LogP contribution is -2.40. The normalized spacial score (nSPS) is 23.5. The highest BCUT2D eigenvalue weighted by Gasteiger charge is 2.38. The molecule has 0 aliphatic heterocycles. The van der Waals surface area contributed by atoms with Crippen molar-refractivity contribution in [2.75, 3.05) is 7.05 Å². The molecular weight excluding hydrogens is 277 g/mol. The van der Waals surface area contributed by atoms with Crippen molar-refractivity contribution < 1.29 is 0 Å². The van der Waals surface area contributed by atoms with Crippen LogP contribution in [0, 0.1) is 11.3 Å². The van der Waals surface area contributed by atoms with Gasteiger partial charge in [-0.25, -0.2) is 0 Å². The molecule has 2 rings (SSSR count). The zero-order chi connectivity index (χ0) is 14.0. The van der Waals surface area contributed by atoms with Crippen LogP contribution < -0.4 is 5.32 Å². The molecule has 1 aromatic rings. The summed E-state index contributed by atoms with van der Waals surface area (Å²) in [7, 11) is 2.06. The molecule has 1 fully saturated rings. The summed E-state index contributed by atoms with van der Waals surface area (Å²) in [4.78, 5) is 0. The molecule has 1 N–H and O–H groups in total. The minimum Gasteiger partial charge on any atom is -0.316 e. The third kappa shape index (κ3) is 3.45. The fourth-order valence-corrected chi connectivity index (χ4v) is 3.95. The van der Waals surface area contributed by atoms with Crippen molar-refractivity contribution in [3.63, 3.8) is 0 Å². The maximum atomic E-state index is 6.30. The number of likely N-dealkylation sites (N-methyl/N-ethyl adjacent to an activating group) is 1. The first-order valence-corrected chi connectivity index (χ1v) is 7.81. The molecule has 1 nitrogen and oxygen atoms in total. The first-order valence-electron chi connectivity index (χ1n) is 7.05. The minimum atomic E-state index is 0.423. The summed E-state index contributed by atoms with van der Waals surface area (Å²) < 4.78 is 0. The summed E-state index contributed by atoms with van der Waals surface area (Å²) in [6.45, 7) is 4.77. The molecule has 0 heterocycles. The zero-order valence-electron chi connectivity index (χ0n) is 12.0. The van der Waals surface area contributed by atoms with E-state index in [4.69, 9.17) is 23.2 Å². The van der Waals surface area contributed by atoms with E-state index < -0.39 is 0 Å². The molecular formula is C16H23Cl2N. The molecule has 106 valence electrons. The monoisotopic (exact) mass is 299 g/mol. The molecule has 0 aromatic heterocycles. The van der Waals surface area contributed by atoms with Crippen molar-refractivity contribution in [3.05, 3.63) is 33.8 Å². The van der Waals surface area contributed by atoms with Gasteiger partial charge in [0.05, 0.1) is 0 Å². The molecule has 0 radical (unpaired) electrons. The second-order valence-electron chi connectivity index (χ2n) is 6.32. The quantitative estimate of drug-likeness (QED) is 0.829. The summed E-state index contributed by atoms with van der Waals surface area (Å²) in [5.74, 6) is 0.712. The highest BCUT2D eigenvalue weighted by Crippen LogP contribution is 2.45. The largest absolute Gasteiger partial charge is 0.316 e. The molecule has 0 spiro atoms. The second kappa shape index (κ2) is 6.03. The van der Waals surface area contributed by atoms with Gasteiger partial charge in [-0.1, -0.05) is 49.5 Å². The zero-order valence-corrected chi connectivity index (χ0v) is 13.5. The molecule has 1 aliphatic carbocycles. The van der Waals surface area contributed by atoms with Crippen LogP contribution in [-0.4, -0.2) is 13.1 Å². The molecule has 1 aliphatic rings. The number of rotatable bonds is 4. The fourth-order valence-electron chi connectivity index (χ4n) is 3.47. The summed E-state index contributed by atoms with van der Waals surface area (Å²) in [6.07, 6.45) is 4.94. The molecule has 0 saturated heterocycles. The number of nitrogens with one attached hydrogen (secondary N) is 1. The van der Waals surface area contributed by atoms with Crippen LogP contribution >= 0.6 is 23.2 Å². The van der Waals surface area contributed by atoms with Crippen molar-refractivity contribution in [2.45, 2.75) is 45.6 Å². The van der Waals surface area contributed by atoms with Crippen LogP contribution in [0.15, 0.2) is 18.2 Å². The summed E-state index contributed by atoms with van der Waals surface area (Å²) in [5, 5.41) is 4.98. The molecule has 2 atom stereocenters. The van der Waals surface area contributed by atoms with Crippen molar-refractivity contribution in [1.82, 2.24) is 5.32 Å². The van der Waals surface area contributed by atoms with Crippen molar-refractivity contribution in [1.29, 1.82) is 0 Å². The molecule has 3 heteroatoms. The number of benzene rings is 1. The molecule has 0 bridgehead atoms. The van der Waals surface area contributed by atoms with Crippen LogP contribution in [0.4, 0.5) is 0 Å². The van der Waals surface area contributed by atoms with Crippen LogP contribution in [0.3, 0.4) is 0 Å². The van der Waals surface area contributed by atoms with Gasteiger partial charge in [-0.2, -0.15) is 0 Å². The Kier molecular flexibility index (Phi) is 4.81. The Balaban J connectivity index is 2.15. The molecule has 19 heavy (non-hydrogen) atoms. The van der Waals surface area contributed by atoms with E-state index in [9.17, 15) is 0 Å². The minimum absolute atomic E-state index is 0.423. The third-order valence-electron chi connectivity index (χ3n) is 4.65. The van der Waals surface area contributed by atoms with E-state index in [0.29, 0.717) is 22.4 Å². The van der Waals surface area contributed by atoms with Gasteiger partial charge >= 0.3 is 0 Å². The number of halogens is 2. The third-order valence-corrected chi connectivity index (χ3v) is 5.24. The average molecular weight is 300 g/mol. The number of hydrogen-bond donors (Lipinski definition) is 1. The van der Waals surface area contributed by atoms with Crippen LogP contribution in [0.5, 0.6) is 0 Å². The number of hydrogen-bond acceptors (Lipinski definition) is 1. The topological polar surface area (TPSA) is 12.0 Å². The molecule has 0 amide bonds. The van der Waals surface area contributed by atoms with Gasteiger partial charge in [-0.05, 0) is 55.3 Å². The van der Waals surface area contributed by atoms with E-state index >= 15 is 0 Å². The fraction of sp³-hybridized carbons (Fsp3) is 0.625. The second-order valence-corrected chi connectivity index (χ2v) is 7.17. The Hall–Kier alpha value is -0.240. The Morgan fingerprint density at radius 2 is 2.11 bits per heavy atom. The Bertz CT molecular complexity index is 442. The van der Waals surface area contributed by atoms with Gasteiger partial charge in [0.2, 0.25) is 0 Å². The van der Waals surface area contributed by atoms with E-state index in [1.807, 2.05) is 12.1 Å². The van der Waals surface area contributed by atoms with Gasteiger partial charge in [0.25, 0.3) is 0 Å². The van der Waals surface area contributed by atoms with E-state index in [1.54, 1.807) is 0 Å². The maximum Gasteiger partial charge on any atom is 0.0453 e. The van der Waals surface area contributed by atoms with Gasteiger partial charge in [0, 0.05) is 16.1 Å². The van der Waals surface area contributed by atoms with Gasteiger partial charge in [0.15, 0.2) is 0 Å². The average Bonchev–Trinajstić information content (AvgIpc) is 2.68. The van der Waals surface area contributed by atoms with Gasteiger partial charge in [0.1, 0.15) is 0 Å². The lowest BCUT2D eigenvalue weighted by Gasteiger charge is -2.34. The van der Waals surface area contributed by atoms with Crippen molar-refractivity contribution in [3.8, 4) is 0 Å². The van der Waals surface area contributed by atoms with E-state index in [1.165, 1.54) is 24.8 Å². The van der Waals surface area contributed by atoms with Crippen LogP contribution in [-0.2, 0) is 6.42 Å². The van der Waals surface area contributed by atoms with Crippen LogP contribution in [0.25, 0.3) is 0 Å². The Morgan fingerprint density at radius 1 is 1.37 bits per heavy atom. The summed E-state index contributed by atoms with van der Waals surface area (Å²) in [5.41, 5.74) is 1.61. The van der Waals surface area contributed by atoms with Gasteiger partial charge < -0.3 is 5.32 Å². The molecule has 1 saturated carbocycles. The molecule has 2 unspecified atom stereocenters. The van der Waals surface area contributed by atoms with E-state index in [-0.39, 0.29) is 0 Å². The maximum absolute atomic E-state index is 6.30. The predicted molar refractivity (Wildman–Crippen MR) is 84.1 cm³/mol. The molecule has 1 aromatic carbocycles. The summed E-state index contributed by atoms with van der Waals surface area (Å²) in [6, 6.07) is 6.30. The lowest BCUT2D eigenvalue weighted by atomic mass is 9.76. The van der Waals surface area contributed by atoms with E-state index in [0.717, 1.165) is 11.4 Å². The van der Waals surface area contributed by atoms with Crippen LogP contribution in [0.1, 0.15) is 38.7 Å². The van der Waals surface area contributed by atoms with Gasteiger partial charge in [-0.3, -0.25) is 0 Å². The van der Waals surface area contributed by atoms with Gasteiger partial charge in [-0.15, -0.1) is 0 Å². The van der Waals surface area contributed by atoms with Crippen LogP contribution in [0.2, 0.25) is 10.0 Å².